The number of nitrogens with zero attached hydrogens (tertiary/aromatic N) is 2. The molecule has 2 aromatic heterocycles. The zero-order valence-corrected chi connectivity index (χ0v) is 16.9. The second-order valence-corrected chi connectivity index (χ2v) is 8.27. The first-order chi connectivity index (χ1) is 13.5. The van der Waals surface area contributed by atoms with E-state index in [2.05, 4.69) is 17.1 Å². The minimum Gasteiger partial charge on any atom is -0.497 e. The summed E-state index contributed by atoms with van der Waals surface area (Å²) in [5.41, 5.74) is 2.06. The van der Waals surface area contributed by atoms with Crippen molar-refractivity contribution in [1.29, 1.82) is 0 Å². The standard InChI is InChI=1S/C21H22N2O4S/c1-12-4-9-17-15(10-12)11-18(28-17)21(24)26-13(2)19-22-23-20(27-19)14-5-7-16(25-3)8-6-14/h5-8,11-13H,4,9-10H2,1-3H3/t12-,13-/m0/s1. The molecule has 2 heterocycles. The maximum absolute atomic E-state index is 12.6. The minimum absolute atomic E-state index is 0.272. The lowest BCUT2D eigenvalue weighted by molar-refractivity contribution is 0.0285. The Morgan fingerprint density at radius 3 is 2.82 bits per heavy atom. The molecular weight excluding hydrogens is 376 g/mol. The number of esters is 1. The molecule has 0 spiro atoms. The first kappa shape index (κ1) is 18.7. The van der Waals surface area contributed by atoms with E-state index in [9.17, 15) is 4.79 Å². The highest BCUT2D eigenvalue weighted by atomic mass is 32.1. The van der Waals surface area contributed by atoms with Gasteiger partial charge in [-0.05, 0) is 68.0 Å². The molecule has 0 fully saturated rings. The van der Waals surface area contributed by atoms with E-state index in [1.807, 2.05) is 30.3 Å². The first-order valence-electron chi connectivity index (χ1n) is 9.34. The van der Waals surface area contributed by atoms with Crippen LogP contribution in [0.1, 0.15) is 52.4 Å². The Labute approximate surface area is 167 Å². The number of thiophene rings is 1. The average Bonchev–Trinajstić information content (AvgIpc) is 3.35. The van der Waals surface area contributed by atoms with Gasteiger partial charge in [0, 0.05) is 10.4 Å². The SMILES string of the molecule is COc1ccc(-c2nnc([C@H](C)OC(=O)c3cc4c(s3)CC[C@H](C)C4)o2)cc1. The molecule has 0 radical (unpaired) electrons. The maximum atomic E-state index is 12.6. The van der Waals surface area contributed by atoms with Gasteiger partial charge in [-0.2, -0.15) is 0 Å². The van der Waals surface area contributed by atoms with E-state index in [1.54, 1.807) is 14.0 Å². The highest BCUT2D eigenvalue weighted by molar-refractivity contribution is 7.14. The molecule has 3 aromatic rings. The number of carbonyl (C=O) groups excluding carboxylic acids is 1. The molecule has 0 saturated heterocycles. The van der Waals surface area contributed by atoms with E-state index in [1.165, 1.54) is 28.2 Å². The zero-order valence-electron chi connectivity index (χ0n) is 16.1. The van der Waals surface area contributed by atoms with Crippen LogP contribution in [0.25, 0.3) is 11.5 Å². The van der Waals surface area contributed by atoms with E-state index in [0.717, 1.165) is 24.2 Å². The van der Waals surface area contributed by atoms with Gasteiger partial charge in [-0.1, -0.05) is 6.92 Å². The van der Waals surface area contributed by atoms with Gasteiger partial charge in [-0.25, -0.2) is 4.79 Å². The van der Waals surface area contributed by atoms with Crippen LogP contribution >= 0.6 is 11.3 Å². The van der Waals surface area contributed by atoms with Crippen molar-refractivity contribution in [3.8, 4) is 17.2 Å². The van der Waals surface area contributed by atoms with Gasteiger partial charge in [0.25, 0.3) is 5.89 Å². The number of rotatable bonds is 5. The van der Waals surface area contributed by atoms with E-state index in [0.29, 0.717) is 16.7 Å². The van der Waals surface area contributed by atoms with Gasteiger partial charge in [0.05, 0.1) is 7.11 Å². The summed E-state index contributed by atoms with van der Waals surface area (Å²) in [6, 6.07) is 9.29. The molecular formula is C21H22N2O4S. The van der Waals surface area contributed by atoms with Gasteiger partial charge in [0.1, 0.15) is 10.6 Å². The minimum atomic E-state index is -0.620. The van der Waals surface area contributed by atoms with Crippen molar-refractivity contribution < 1.29 is 18.7 Å². The molecule has 1 aromatic carbocycles. The van der Waals surface area contributed by atoms with Gasteiger partial charge < -0.3 is 13.9 Å². The Kier molecular flexibility index (Phi) is 5.17. The number of hydrogen-bond donors (Lipinski definition) is 0. The first-order valence-corrected chi connectivity index (χ1v) is 10.2. The molecule has 28 heavy (non-hydrogen) atoms. The van der Waals surface area contributed by atoms with Crippen molar-refractivity contribution in [1.82, 2.24) is 10.2 Å². The number of fused-ring (bicyclic) bond motifs is 1. The number of carbonyl (C=O) groups is 1. The van der Waals surface area contributed by atoms with Gasteiger partial charge in [0.15, 0.2) is 6.10 Å². The van der Waals surface area contributed by atoms with Crippen LogP contribution in [0.15, 0.2) is 34.7 Å². The number of methoxy groups -OCH3 is 1. The molecule has 6 nitrogen and oxygen atoms in total. The van der Waals surface area contributed by atoms with Crippen LogP contribution in [-0.2, 0) is 17.6 Å². The summed E-state index contributed by atoms with van der Waals surface area (Å²) >= 11 is 1.54. The molecule has 146 valence electrons. The number of aryl methyl sites for hydroxylation is 1. The van der Waals surface area contributed by atoms with Crippen LogP contribution in [0.4, 0.5) is 0 Å². The lowest BCUT2D eigenvalue weighted by Gasteiger charge is -2.16. The second-order valence-electron chi connectivity index (χ2n) is 7.13. The molecule has 4 rings (SSSR count). The van der Waals surface area contributed by atoms with Crippen molar-refractivity contribution in [3.05, 3.63) is 51.5 Å². The summed E-state index contributed by atoms with van der Waals surface area (Å²) in [4.78, 5) is 14.5. The molecule has 0 aliphatic heterocycles. The van der Waals surface area contributed by atoms with E-state index in [-0.39, 0.29) is 11.9 Å². The van der Waals surface area contributed by atoms with Crippen LogP contribution < -0.4 is 4.74 Å². The molecule has 1 aliphatic rings. The summed E-state index contributed by atoms with van der Waals surface area (Å²) in [6.07, 6.45) is 2.63. The third kappa shape index (κ3) is 3.80. The highest BCUT2D eigenvalue weighted by Gasteiger charge is 2.24. The van der Waals surface area contributed by atoms with E-state index < -0.39 is 6.10 Å². The average molecular weight is 398 g/mol. The molecule has 0 bridgehead atoms. The Morgan fingerprint density at radius 1 is 1.29 bits per heavy atom. The van der Waals surface area contributed by atoms with Crippen LogP contribution in [0, 0.1) is 5.92 Å². The quantitative estimate of drug-likeness (QED) is 0.572. The Balaban J connectivity index is 1.44. The number of benzene rings is 1. The van der Waals surface area contributed by atoms with Crippen LogP contribution in [-0.4, -0.2) is 23.3 Å². The lowest BCUT2D eigenvalue weighted by atomic mass is 9.90. The van der Waals surface area contributed by atoms with Crippen molar-refractivity contribution in [2.45, 2.75) is 39.2 Å². The van der Waals surface area contributed by atoms with Crippen molar-refractivity contribution in [2.75, 3.05) is 7.11 Å². The lowest BCUT2D eigenvalue weighted by Crippen LogP contribution is -2.08. The monoisotopic (exact) mass is 398 g/mol. The number of aromatic nitrogens is 2. The third-order valence-electron chi connectivity index (χ3n) is 4.94. The van der Waals surface area contributed by atoms with Crippen LogP contribution in [0.3, 0.4) is 0 Å². The molecule has 0 saturated carbocycles. The summed E-state index contributed by atoms with van der Waals surface area (Å²) in [5, 5.41) is 8.09. The predicted octanol–water partition coefficient (Wildman–Crippen LogP) is 4.85. The molecule has 1 aliphatic carbocycles. The Morgan fingerprint density at radius 2 is 2.07 bits per heavy atom. The van der Waals surface area contributed by atoms with Crippen LogP contribution in [0.5, 0.6) is 5.75 Å². The smallest absolute Gasteiger partial charge is 0.349 e. The molecule has 7 heteroatoms. The second kappa shape index (κ2) is 7.75. The molecule has 2 atom stereocenters. The number of hydrogen-bond acceptors (Lipinski definition) is 7. The molecule has 0 N–H and O–H groups in total. The Hall–Kier alpha value is -2.67. The fourth-order valence-electron chi connectivity index (χ4n) is 3.32. The van der Waals surface area contributed by atoms with E-state index >= 15 is 0 Å². The topological polar surface area (TPSA) is 74.5 Å². The van der Waals surface area contributed by atoms with Crippen LogP contribution in [0.2, 0.25) is 0 Å². The zero-order chi connectivity index (χ0) is 19.7. The normalized spacial score (nSPS) is 17.0. The number of ether oxygens (including phenoxy) is 2. The Bertz CT molecular complexity index is 977. The van der Waals surface area contributed by atoms with Gasteiger partial charge >= 0.3 is 5.97 Å². The fourth-order valence-corrected chi connectivity index (χ4v) is 4.42. The van der Waals surface area contributed by atoms with Crippen molar-refractivity contribution in [2.24, 2.45) is 5.92 Å². The summed E-state index contributed by atoms with van der Waals surface area (Å²) < 4.78 is 16.4. The third-order valence-corrected chi connectivity index (χ3v) is 6.16. The molecule has 0 amide bonds. The highest BCUT2D eigenvalue weighted by Crippen LogP contribution is 2.33. The fraction of sp³-hybridized carbons (Fsp3) is 0.381. The summed E-state index contributed by atoms with van der Waals surface area (Å²) in [7, 11) is 1.61. The van der Waals surface area contributed by atoms with Crippen molar-refractivity contribution in [3.63, 3.8) is 0 Å². The van der Waals surface area contributed by atoms with Gasteiger partial charge in [-0.3, -0.25) is 0 Å². The summed E-state index contributed by atoms with van der Waals surface area (Å²) in [5.74, 6) is 1.72. The largest absolute Gasteiger partial charge is 0.497 e. The van der Waals surface area contributed by atoms with Gasteiger partial charge in [0.2, 0.25) is 5.89 Å². The maximum Gasteiger partial charge on any atom is 0.349 e. The van der Waals surface area contributed by atoms with Crippen molar-refractivity contribution >= 4 is 17.3 Å². The predicted molar refractivity (Wildman–Crippen MR) is 106 cm³/mol. The van der Waals surface area contributed by atoms with E-state index in [4.69, 9.17) is 13.9 Å². The van der Waals surface area contributed by atoms with Gasteiger partial charge in [-0.15, -0.1) is 21.5 Å². The summed E-state index contributed by atoms with van der Waals surface area (Å²) in [6.45, 7) is 3.98. The molecule has 0 unspecified atom stereocenters.